The van der Waals surface area contributed by atoms with Gasteiger partial charge in [-0.1, -0.05) is 6.07 Å². The summed E-state index contributed by atoms with van der Waals surface area (Å²) < 4.78 is 0. The van der Waals surface area contributed by atoms with Gasteiger partial charge in [-0.3, -0.25) is 9.78 Å². The van der Waals surface area contributed by atoms with Crippen LogP contribution in [0.5, 0.6) is 0 Å². The average molecular weight is 204 g/mol. The number of pyridine rings is 1. The van der Waals surface area contributed by atoms with Crippen LogP contribution in [0.1, 0.15) is 18.4 Å². The highest BCUT2D eigenvalue weighted by molar-refractivity contribution is 5.83. The van der Waals surface area contributed by atoms with E-state index in [1.165, 1.54) is 0 Å². The van der Waals surface area contributed by atoms with Gasteiger partial charge in [-0.25, -0.2) is 0 Å². The van der Waals surface area contributed by atoms with E-state index in [4.69, 9.17) is 0 Å². The molecule has 0 aromatic carbocycles. The van der Waals surface area contributed by atoms with Crippen molar-refractivity contribution in [1.29, 1.82) is 0 Å². The molecule has 0 radical (unpaired) electrons. The Hall–Kier alpha value is -1.22. The molecule has 80 valence electrons. The van der Waals surface area contributed by atoms with E-state index in [1.54, 1.807) is 12.4 Å². The molecule has 1 aromatic rings. The Morgan fingerprint density at radius 1 is 1.60 bits per heavy atom. The highest BCUT2D eigenvalue weighted by atomic mass is 16.1. The van der Waals surface area contributed by atoms with Crippen LogP contribution in [0.25, 0.3) is 0 Å². The molecule has 1 saturated heterocycles. The van der Waals surface area contributed by atoms with Crippen molar-refractivity contribution in [2.24, 2.45) is 5.92 Å². The average Bonchev–Trinajstić information content (AvgIpc) is 2.31. The van der Waals surface area contributed by atoms with Crippen LogP contribution in [0.15, 0.2) is 24.5 Å². The summed E-state index contributed by atoms with van der Waals surface area (Å²) in [5.74, 6) is 0.550. The second kappa shape index (κ2) is 5.03. The summed E-state index contributed by atoms with van der Waals surface area (Å²) in [5.41, 5.74) is 1.02. The highest BCUT2D eigenvalue weighted by Gasteiger charge is 2.20. The predicted octanol–water partition coefficient (Wildman–Crippen LogP) is 1.19. The third kappa shape index (κ3) is 2.86. The number of ketones is 1. The summed E-state index contributed by atoms with van der Waals surface area (Å²) in [6, 6.07) is 3.84. The zero-order valence-corrected chi connectivity index (χ0v) is 8.78. The Balaban J connectivity index is 1.91. The highest BCUT2D eigenvalue weighted by Crippen LogP contribution is 2.13. The first kappa shape index (κ1) is 10.3. The lowest BCUT2D eigenvalue weighted by Crippen LogP contribution is -2.35. The molecule has 2 heterocycles. The minimum atomic E-state index is 0.207. The molecule has 0 spiro atoms. The van der Waals surface area contributed by atoms with Gasteiger partial charge in [0.15, 0.2) is 0 Å². The summed E-state index contributed by atoms with van der Waals surface area (Å²) in [6.07, 6.45) is 6.18. The van der Waals surface area contributed by atoms with Crippen LogP contribution in [0.3, 0.4) is 0 Å². The number of carbonyl (C=O) groups is 1. The molecule has 3 nitrogen and oxygen atoms in total. The van der Waals surface area contributed by atoms with Crippen molar-refractivity contribution in [2.75, 3.05) is 13.1 Å². The molecule has 15 heavy (non-hydrogen) atoms. The summed E-state index contributed by atoms with van der Waals surface area (Å²) in [6.45, 7) is 1.90. The molecule has 0 bridgehead atoms. The van der Waals surface area contributed by atoms with Gasteiger partial charge in [-0.05, 0) is 31.0 Å². The summed E-state index contributed by atoms with van der Waals surface area (Å²) in [4.78, 5) is 15.9. The van der Waals surface area contributed by atoms with Crippen LogP contribution in [0.2, 0.25) is 0 Å². The Kier molecular flexibility index (Phi) is 3.45. The quantitative estimate of drug-likeness (QED) is 0.804. The van der Waals surface area contributed by atoms with Gasteiger partial charge < -0.3 is 5.32 Å². The monoisotopic (exact) mass is 204 g/mol. The molecule has 1 aliphatic rings. The van der Waals surface area contributed by atoms with Gasteiger partial charge in [0.2, 0.25) is 0 Å². The fourth-order valence-electron chi connectivity index (χ4n) is 1.97. The smallest absolute Gasteiger partial charge is 0.141 e. The molecule has 0 saturated carbocycles. The van der Waals surface area contributed by atoms with Gasteiger partial charge in [0, 0.05) is 31.3 Å². The first-order valence-corrected chi connectivity index (χ1v) is 5.48. The molecule has 1 atom stereocenters. The number of hydrogen-bond donors (Lipinski definition) is 1. The van der Waals surface area contributed by atoms with Crippen LogP contribution in [-0.4, -0.2) is 23.9 Å². The third-order valence-electron chi connectivity index (χ3n) is 2.85. The largest absolute Gasteiger partial charge is 0.316 e. The number of Topliss-reactive ketones (excluding diaryl/α,β-unsaturated/α-hetero) is 1. The number of nitrogens with zero attached hydrogens (tertiary/aromatic N) is 1. The van der Waals surface area contributed by atoms with E-state index < -0.39 is 0 Å². The molecule has 3 heteroatoms. The van der Waals surface area contributed by atoms with Crippen molar-refractivity contribution in [1.82, 2.24) is 10.3 Å². The number of piperidine rings is 1. The molecule has 1 aromatic heterocycles. The lowest BCUT2D eigenvalue weighted by molar-refractivity contribution is -0.122. The molecular formula is C12H16N2O. The molecule has 1 unspecified atom stereocenters. The van der Waals surface area contributed by atoms with Gasteiger partial charge in [-0.15, -0.1) is 0 Å². The van der Waals surface area contributed by atoms with Gasteiger partial charge in [-0.2, -0.15) is 0 Å². The Labute approximate surface area is 89.9 Å². The van der Waals surface area contributed by atoms with Crippen molar-refractivity contribution in [2.45, 2.75) is 19.3 Å². The van der Waals surface area contributed by atoms with E-state index in [0.717, 1.165) is 31.5 Å². The molecule has 1 N–H and O–H groups in total. The summed E-state index contributed by atoms with van der Waals surface area (Å²) >= 11 is 0. The fourth-order valence-corrected chi connectivity index (χ4v) is 1.97. The van der Waals surface area contributed by atoms with Crippen LogP contribution in [0.4, 0.5) is 0 Å². The van der Waals surface area contributed by atoms with Gasteiger partial charge in [0.1, 0.15) is 5.78 Å². The molecule has 2 rings (SSSR count). The van der Waals surface area contributed by atoms with Gasteiger partial charge in [0.05, 0.1) is 0 Å². The lowest BCUT2D eigenvalue weighted by atomic mass is 9.92. The van der Waals surface area contributed by atoms with E-state index in [-0.39, 0.29) is 5.92 Å². The minimum Gasteiger partial charge on any atom is -0.316 e. The van der Waals surface area contributed by atoms with E-state index in [0.29, 0.717) is 12.2 Å². The SMILES string of the molecule is O=C(Cc1cccnc1)C1CCCNC1. The Morgan fingerprint density at radius 2 is 2.53 bits per heavy atom. The number of aromatic nitrogens is 1. The van der Waals surface area contributed by atoms with Crippen LogP contribution >= 0.6 is 0 Å². The number of rotatable bonds is 3. The van der Waals surface area contributed by atoms with Crippen LogP contribution in [0, 0.1) is 5.92 Å². The maximum Gasteiger partial charge on any atom is 0.141 e. The Bertz CT molecular complexity index is 318. The standard InChI is InChI=1S/C12H16N2O/c15-12(11-4-2-6-14-9-11)7-10-3-1-5-13-8-10/h1,3,5,8,11,14H,2,4,6-7,9H2. The maximum absolute atomic E-state index is 11.9. The number of hydrogen-bond acceptors (Lipinski definition) is 3. The van der Waals surface area contributed by atoms with Gasteiger partial charge in [0.25, 0.3) is 0 Å². The second-order valence-electron chi connectivity index (χ2n) is 4.05. The summed E-state index contributed by atoms with van der Waals surface area (Å²) in [5, 5.41) is 3.27. The van der Waals surface area contributed by atoms with E-state index >= 15 is 0 Å². The lowest BCUT2D eigenvalue weighted by Gasteiger charge is -2.21. The fraction of sp³-hybridized carbons (Fsp3) is 0.500. The van der Waals surface area contributed by atoms with Crippen molar-refractivity contribution in [3.63, 3.8) is 0 Å². The van der Waals surface area contributed by atoms with Crippen LogP contribution < -0.4 is 5.32 Å². The second-order valence-corrected chi connectivity index (χ2v) is 4.05. The van der Waals surface area contributed by atoms with Crippen molar-refractivity contribution in [3.05, 3.63) is 30.1 Å². The molecule has 0 amide bonds. The Morgan fingerprint density at radius 3 is 3.20 bits per heavy atom. The molecule has 0 aliphatic carbocycles. The molecule has 1 aliphatic heterocycles. The van der Waals surface area contributed by atoms with E-state index in [9.17, 15) is 4.79 Å². The predicted molar refractivity (Wildman–Crippen MR) is 58.5 cm³/mol. The third-order valence-corrected chi connectivity index (χ3v) is 2.85. The van der Waals surface area contributed by atoms with Crippen molar-refractivity contribution < 1.29 is 4.79 Å². The van der Waals surface area contributed by atoms with E-state index in [1.807, 2.05) is 12.1 Å². The first-order chi connectivity index (χ1) is 7.36. The van der Waals surface area contributed by atoms with Crippen LogP contribution in [-0.2, 0) is 11.2 Å². The molecule has 1 fully saturated rings. The molecular weight excluding hydrogens is 188 g/mol. The number of carbonyl (C=O) groups excluding carboxylic acids is 1. The first-order valence-electron chi connectivity index (χ1n) is 5.48. The number of nitrogens with one attached hydrogen (secondary N) is 1. The van der Waals surface area contributed by atoms with Crippen molar-refractivity contribution >= 4 is 5.78 Å². The zero-order chi connectivity index (χ0) is 10.5. The summed E-state index contributed by atoms with van der Waals surface area (Å²) in [7, 11) is 0. The van der Waals surface area contributed by atoms with Crippen molar-refractivity contribution in [3.8, 4) is 0 Å². The van der Waals surface area contributed by atoms with Gasteiger partial charge >= 0.3 is 0 Å². The van der Waals surface area contributed by atoms with E-state index in [2.05, 4.69) is 10.3 Å². The topological polar surface area (TPSA) is 42.0 Å². The maximum atomic E-state index is 11.9. The zero-order valence-electron chi connectivity index (χ0n) is 8.78. The normalized spacial score (nSPS) is 21.2. The minimum absolute atomic E-state index is 0.207.